The van der Waals surface area contributed by atoms with Crippen molar-refractivity contribution in [3.05, 3.63) is 59.2 Å². The van der Waals surface area contributed by atoms with E-state index >= 15 is 0 Å². The standard InChI is InChI=1S/C23H26N2O6/c1-24(2)10-11-25-20(14-8-9-17(26)18(13-14)31-4)19(22(28)23(25)29)21(27)15-6-5-7-16(12-15)30-3/h5-9,12-13,20,26-27H,10-11H2,1-4H3. The Balaban J connectivity index is 2.19. The summed E-state index contributed by atoms with van der Waals surface area (Å²) in [4.78, 5) is 29.2. The molecule has 8 heteroatoms. The average Bonchev–Trinajstić information content (AvgIpc) is 3.02. The summed E-state index contributed by atoms with van der Waals surface area (Å²) in [6.45, 7) is 0.804. The number of rotatable bonds is 7. The fraction of sp³-hybridized carbons (Fsp3) is 0.304. The second-order valence-corrected chi connectivity index (χ2v) is 7.46. The number of aliphatic hydroxyl groups excluding tert-OH is 1. The fourth-order valence-electron chi connectivity index (χ4n) is 3.56. The number of methoxy groups -OCH3 is 2. The maximum Gasteiger partial charge on any atom is 0.295 e. The predicted molar refractivity (Wildman–Crippen MR) is 115 cm³/mol. The van der Waals surface area contributed by atoms with Gasteiger partial charge in [-0.05, 0) is 43.9 Å². The molecule has 0 spiro atoms. The van der Waals surface area contributed by atoms with Crippen LogP contribution < -0.4 is 9.47 Å². The van der Waals surface area contributed by atoms with Crippen LogP contribution in [0.25, 0.3) is 5.76 Å². The van der Waals surface area contributed by atoms with E-state index in [-0.39, 0.29) is 29.4 Å². The Labute approximate surface area is 180 Å². The van der Waals surface area contributed by atoms with E-state index in [1.54, 1.807) is 36.4 Å². The topological polar surface area (TPSA) is 99.5 Å². The average molecular weight is 426 g/mol. The molecule has 164 valence electrons. The first-order valence-electron chi connectivity index (χ1n) is 9.73. The number of aliphatic hydroxyl groups is 1. The van der Waals surface area contributed by atoms with E-state index in [1.807, 2.05) is 19.0 Å². The Kier molecular flexibility index (Phi) is 6.50. The molecule has 2 N–H and O–H groups in total. The number of nitrogens with zero attached hydrogens (tertiary/aromatic N) is 2. The quantitative estimate of drug-likeness (QED) is 0.398. The van der Waals surface area contributed by atoms with Crippen molar-refractivity contribution in [2.45, 2.75) is 6.04 Å². The van der Waals surface area contributed by atoms with Crippen molar-refractivity contribution in [2.75, 3.05) is 41.4 Å². The molecule has 1 aliphatic rings. The number of amides is 1. The van der Waals surface area contributed by atoms with E-state index < -0.39 is 17.7 Å². The number of carbonyl (C=O) groups excluding carboxylic acids is 2. The van der Waals surface area contributed by atoms with Gasteiger partial charge < -0.3 is 29.5 Å². The molecule has 0 radical (unpaired) electrons. The van der Waals surface area contributed by atoms with Crippen molar-refractivity contribution in [3.8, 4) is 17.2 Å². The summed E-state index contributed by atoms with van der Waals surface area (Å²) in [5.74, 6) is -1.10. The van der Waals surface area contributed by atoms with Gasteiger partial charge in [-0.3, -0.25) is 9.59 Å². The molecule has 0 bridgehead atoms. The number of benzene rings is 2. The van der Waals surface area contributed by atoms with Crippen molar-refractivity contribution >= 4 is 17.4 Å². The Morgan fingerprint density at radius 3 is 2.48 bits per heavy atom. The van der Waals surface area contributed by atoms with Gasteiger partial charge in [0.25, 0.3) is 11.7 Å². The van der Waals surface area contributed by atoms with Crippen LogP contribution in [0.5, 0.6) is 17.2 Å². The van der Waals surface area contributed by atoms with Gasteiger partial charge in [0.1, 0.15) is 11.5 Å². The van der Waals surface area contributed by atoms with Gasteiger partial charge in [-0.2, -0.15) is 0 Å². The minimum atomic E-state index is -0.833. The van der Waals surface area contributed by atoms with Crippen LogP contribution in [0.2, 0.25) is 0 Å². The van der Waals surface area contributed by atoms with Crippen LogP contribution in [0.15, 0.2) is 48.0 Å². The van der Waals surface area contributed by atoms with Gasteiger partial charge in [-0.1, -0.05) is 18.2 Å². The third-order valence-electron chi connectivity index (χ3n) is 5.19. The van der Waals surface area contributed by atoms with Gasteiger partial charge in [0, 0.05) is 18.7 Å². The SMILES string of the molecule is COc1cccc(C(O)=C2C(=O)C(=O)N(CCN(C)C)C2c2ccc(O)c(OC)c2)c1. The maximum atomic E-state index is 13.0. The van der Waals surface area contributed by atoms with Crippen LogP contribution in [0.3, 0.4) is 0 Å². The number of Topliss-reactive ketones (excluding diaryl/α,β-unsaturated/α-hetero) is 1. The molecule has 3 rings (SSSR count). The molecule has 8 nitrogen and oxygen atoms in total. The van der Waals surface area contributed by atoms with Gasteiger partial charge in [0.15, 0.2) is 11.5 Å². The zero-order valence-corrected chi connectivity index (χ0v) is 18.0. The first kappa shape index (κ1) is 22.2. The van der Waals surface area contributed by atoms with Crippen LogP contribution in [0.1, 0.15) is 17.2 Å². The highest BCUT2D eigenvalue weighted by Gasteiger charge is 2.46. The normalized spacial score (nSPS) is 18.0. The van der Waals surface area contributed by atoms with Gasteiger partial charge in [0.05, 0.1) is 25.8 Å². The number of ketones is 1. The highest BCUT2D eigenvalue weighted by atomic mass is 16.5. The molecular formula is C23H26N2O6. The van der Waals surface area contributed by atoms with Crippen molar-refractivity contribution in [1.82, 2.24) is 9.80 Å². The molecule has 2 aromatic rings. The summed E-state index contributed by atoms with van der Waals surface area (Å²) < 4.78 is 10.4. The molecule has 1 heterocycles. The number of phenols is 1. The molecule has 0 aromatic heterocycles. The lowest BCUT2D eigenvalue weighted by Crippen LogP contribution is -2.35. The molecule has 0 aliphatic carbocycles. The third kappa shape index (κ3) is 4.34. The van der Waals surface area contributed by atoms with E-state index in [9.17, 15) is 19.8 Å². The number of hydrogen-bond donors (Lipinski definition) is 2. The molecule has 1 saturated heterocycles. The summed E-state index contributed by atoms with van der Waals surface area (Å²) in [7, 11) is 6.65. The van der Waals surface area contributed by atoms with Crippen LogP contribution >= 0.6 is 0 Å². The predicted octanol–water partition coefficient (Wildman–Crippen LogP) is 2.39. The Bertz CT molecular complexity index is 1030. The number of likely N-dealkylation sites (N-methyl/N-ethyl adjacent to an activating group) is 1. The largest absolute Gasteiger partial charge is 0.507 e. The first-order chi connectivity index (χ1) is 14.8. The number of ether oxygens (including phenoxy) is 2. The molecule has 1 aliphatic heterocycles. The maximum absolute atomic E-state index is 13.0. The Morgan fingerprint density at radius 1 is 1.10 bits per heavy atom. The highest BCUT2D eigenvalue weighted by molar-refractivity contribution is 6.46. The molecule has 0 saturated carbocycles. The number of carbonyl (C=O) groups is 2. The van der Waals surface area contributed by atoms with Crippen LogP contribution in [0.4, 0.5) is 0 Å². The lowest BCUT2D eigenvalue weighted by atomic mass is 9.95. The number of hydrogen-bond acceptors (Lipinski definition) is 7. The van der Waals surface area contributed by atoms with E-state index in [2.05, 4.69) is 0 Å². The molecule has 1 amide bonds. The second-order valence-electron chi connectivity index (χ2n) is 7.46. The smallest absolute Gasteiger partial charge is 0.295 e. The van der Waals surface area contributed by atoms with Crippen molar-refractivity contribution in [1.29, 1.82) is 0 Å². The lowest BCUT2D eigenvalue weighted by molar-refractivity contribution is -0.140. The van der Waals surface area contributed by atoms with E-state index in [1.165, 1.54) is 25.2 Å². The van der Waals surface area contributed by atoms with Gasteiger partial charge >= 0.3 is 0 Å². The highest BCUT2D eigenvalue weighted by Crippen LogP contribution is 2.41. The Hall–Kier alpha value is -3.52. The Morgan fingerprint density at radius 2 is 1.84 bits per heavy atom. The van der Waals surface area contributed by atoms with Crippen LogP contribution in [-0.2, 0) is 9.59 Å². The summed E-state index contributed by atoms with van der Waals surface area (Å²) in [5, 5.41) is 21.0. The second kappa shape index (κ2) is 9.09. The third-order valence-corrected chi connectivity index (χ3v) is 5.19. The summed E-state index contributed by atoms with van der Waals surface area (Å²) >= 11 is 0. The summed E-state index contributed by atoms with van der Waals surface area (Å²) in [6.07, 6.45) is 0. The number of aromatic hydroxyl groups is 1. The molecular weight excluding hydrogens is 400 g/mol. The van der Waals surface area contributed by atoms with Crippen molar-refractivity contribution < 1.29 is 29.3 Å². The lowest BCUT2D eigenvalue weighted by Gasteiger charge is -2.27. The molecule has 1 fully saturated rings. The molecule has 1 atom stereocenters. The zero-order valence-electron chi connectivity index (χ0n) is 18.0. The summed E-state index contributed by atoms with van der Waals surface area (Å²) in [6, 6.07) is 10.4. The van der Waals surface area contributed by atoms with E-state index in [4.69, 9.17) is 9.47 Å². The first-order valence-corrected chi connectivity index (χ1v) is 9.73. The van der Waals surface area contributed by atoms with E-state index in [0.717, 1.165) is 0 Å². The minimum absolute atomic E-state index is 0.0234. The molecule has 2 aromatic carbocycles. The zero-order chi connectivity index (χ0) is 22.7. The fourth-order valence-corrected chi connectivity index (χ4v) is 3.56. The van der Waals surface area contributed by atoms with Crippen LogP contribution in [0, 0.1) is 0 Å². The monoisotopic (exact) mass is 426 g/mol. The van der Waals surface area contributed by atoms with Crippen LogP contribution in [-0.4, -0.2) is 73.1 Å². The number of likely N-dealkylation sites (tertiary alicyclic amines) is 1. The van der Waals surface area contributed by atoms with E-state index in [0.29, 0.717) is 23.4 Å². The van der Waals surface area contributed by atoms with Gasteiger partial charge in [-0.25, -0.2) is 0 Å². The molecule has 31 heavy (non-hydrogen) atoms. The molecule has 1 unspecified atom stereocenters. The van der Waals surface area contributed by atoms with Crippen molar-refractivity contribution in [3.63, 3.8) is 0 Å². The van der Waals surface area contributed by atoms with Crippen molar-refractivity contribution in [2.24, 2.45) is 0 Å². The summed E-state index contributed by atoms with van der Waals surface area (Å²) in [5.41, 5.74) is 0.877. The number of phenolic OH excluding ortho intramolecular Hbond substituents is 1. The minimum Gasteiger partial charge on any atom is -0.507 e. The van der Waals surface area contributed by atoms with Gasteiger partial charge in [-0.15, -0.1) is 0 Å². The van der Waals surface area contributed by atoms with Gasteiger partial charge in [0.2, 0.25) is 0 Å².